The minimum absolute atomic E-state index is 0.173. The third kappa shape index (κ3) is 5.50. The molecule has 2 heterocycles. The van der Waals surface area contributed by atoms with Crippen LogP contribution in [-0.4, -0.2) is 15.6 Å². The van der Waals surface area contributed by atoms with Crippen molar-refractivity contribution in [2.45, 2.75) is 0 Å². The highest BCUT2D eigenvalue weighted by molar-refractivity contribution is 9.10. The highest BCUT2D eigenvalue weighted by Crippen LogP contribution is 2.39. The van der Waals surface area contributed by atoms with Gasteiger partial charge in [0.25, 0.3) is 5.91 Å². The van der Waals surface area contributed by atoms with Crippen molar-refractivity contribution < 1.29 is 4.79 Å². The van der Waals surface area contributed by atoms with E-state index in [9.17, 15) is 4.79 Å². The van der Waals surface area contributed by atoms with E-state index >= 15 is 0 Å². The summed E-state index contributed by atoms with van der Waals surface area (Å²) in [4.78, 5) is 18.3. The van der Waals surface area contributed by atoms with E-state index in [1.165, 1.54) is 11.8 Å². The first-order valence-electron chi connectivity index (χ1n) is 12.2. The molecule has 39 heavy (non-hydrogen) atoms. The van der Waals surface area contributed by atoms with Gasteiger partial charge in [-0.25, -0.2) is 4.99 Å². The number of rotatable bonds is 5. The molecule has 6 rings (SSSR count). The summed E-state index contributed by atoms with van der Waals surface area (Å²) >= 11 is 11.1. The highest BCUT2D eigenvalue weighted by atomic mass is 79.9. The van der Waals surface area contributed by atoms with Crippen LogP contribution in [0.4, 0.5) is 5.69 Å². The Morgan fingerprint density at radius 2 is 1.51 bits per heavy atom. The standard InChI is InChI=1S/C32H21BrClN3OS/c33-24-12-7-13-26(20-24)35-32-36-31(38)29(39-32)19-23-18-28(21-8-3-1-4-9-21)37(27-16-14-25(34)15-17-27)30(23)22-10-5-2-6-11-22/h1-20H,(H,35,36,38)/b29-19+. The maximum absolute atomic E-state index is 13.1. The molecule has 1 amide bonds. The van der Waals surface area contributed by atoms with Gasteiger partial charge >= 0.3 is 0 Å². The SMILES string of the molecule is O=C1NC(=Nc2cccc(Br)c2)S/C1=C/c1cc(-c2ccccc2)n(-c2ccc(Cl)cc2)c1-c1ccccc1. The van der Waals surface area contributed by atoms with Crippen molar-refractivity contribution in [1.82, 2.24) is 9.88 Å². The van der Waals surface area contributed by atoms with Gasteiger partial charge in [-0.1, -0.05) is 94.3 Å². The zero-order valence-corrected chi connectivity index (χ0v) is 23.7. The number of amidine groups is 1. The van der Waals surface area contributed by atoms with Crippen LogP contribution in [0.5, 0.6) is 0 Å². The second-order valence-corrected chi connectivity index (χ2v) is 11.2. The van der Waals surface area contributed by atoms with Crippen LogP contribution >= 0.6 is 39.3 Å². The smallest absolute Gasteiger partial charge is 0.264 e. The van der Waals surface area contributed by atoms with E-state index in [0.29, 0.717) is 15.1 Å². The van der Waals surface area contributed by atoms with Crippen molar-refractivity contribution in [2.75, 3.05) is 0 Å². The van der Waals surface area contributed by atoms with Crippen LogP contribution in [0.15, 0.2) is 130 Å². The molecule has 0 spiro atoms. The van der Waals surface area contributed by atoms with Gasteiger partial charge in [0, 0.05) is 20.7 Å². The van der Waals surface area contributed by atoms with Crippen molar-refractivity contribution >= 4 is 62.1 Å². The first-order chi connectivity index (χ1) is 19.0. The van der Waals surface area contributed by atoms with Crippen LogP contribution < -0.4 is 5.32 Å². The summed E-state index contributed by atoms with van der Waals surface area (Å²) in [5, 5.41) is 4.13. The van der Waals surface area contributed by atoms with Gasteiger partial charge in [0.1, 0.15) is 0 Å². The lowest BCUT2D eigenvalue weighted by molar-refractivity contribution is -0.115. The van der Waals surface area contributed by atoms with Crippen LogP contribution in [0.3, 0.4) is 0 Å². The van der Waals surface area contributed by atoms with Crippen LogP contribution in [0.25, 0.3) is 34.3 Å². The van der Waals surface area contributed by atoms with Gasteiger partial charge < -0.3 is 9.88 Å². The fourth-order valence-electron chi connectivity index (χ4n) is 4.50. The molecule has 0 radical (unpaired) electrons. The minimum atomic E-state index is -0.173. The Balaban J connectivity index is 1.52. The Kier molecular flexibility index (Phi) is 7.24. The van der Waals surface area contributed by atoms with Crippen molar-refractivity contribution in [1.29, 1.82) is 0 Å². The predicted molar refractivity (Wildman–Crippen MR) is 167 cm³/mol. The Morgan fingerprint density at radius 3 is 2.21 bits per heavy atom. The third-order valence-electron chi connectivity index (χ3n) is 6.21. The summed E-state index contributed by atoms with van der Waals surface area (Å²) in [7, 11) is 0. The molecule has 1 aliphatic rings. The molecule has 0 unspecified atom stereocenters. The molecule has 1 saturated heterocycles. The second kappa shape index (κ2) is 11.1. The summed E-state index contributed by atoms with van der Waals surface area (Å²) < 4.78 is 3.15. The zero-order valence-electron chi connectivity index (χ0n) is 20.5. The lowest BCUT2D eigenvalue weighted by Crippen LogP contribution is -2.19. The number of hydrogen-bond acceptors (Lipinski definition) is 3. The van der Waals surface area contributed by atoms with Gasteiger partial charge in [0.2, 0.25) is 0 Å². The van der Waals surface area contributed by atoms with Gasteiger partial charge in [-0.2, -0.15) is 0 Å². The molecule has 4 nitrogen and oxygen atoms in total. The van der Waals surface area contributed by atoms with Crippen LogP contribution in [0.1, 0.15) is 5.56 Å². The molecule has 0 atom stereocenters. The van der Waals surface area contributed by atoms with Gasteiger partial charge in [-0.05, 0) is 77.5 Å². The first-order valence-corrected chi connectivity index (χ1v) is 14.2. The first kappa shape index (κ1) is 25.4. The number of nitrogens with zero attached hydrogens (tertiary/aromatic N) is 2. The monoisotopic (exact) mass is 609 g/mol. The summed E-state index contributed by atoms with van der Waals surface area (Å²) in [5.74, 6) is -0.173. The van der Waals surface area contributed by atoms with Gasteiger partial charge in [0.05, 0.1) is 22.0 Å². The van der Waals surface area contributed by atoms with E-state index in [2.05, 4.69) is 61.1 Å². The molecule has 7 heteroatoms. The van der Waals surface area contributed by atoms with E-state index in [0.717, 1.165) is 43.9 Å². The van der Waals surface area contributed by atoms with E-state index in [4.69, 9.17) is 11.6 Å². The van der Waals surface area contributed by atoms with Gasteiger partial charge in [-0.3, -0.25) is 4.79 Å². The van der Waals surface area contributed by atoms with Gasteiger partial charge in [-0.15, -0.1) is 0 Å². The average Bonchev–Trinajstić information content (AvgIpc) is 3.50. The maximum Gasteiger partial charge on any atom is 0.264 e. The molecular formula is C32H21BrClN3OS. The maximum atomic E-state index is 13.1. The fraction of sp³-hybridized carbons (Fsp3) is 0. The number of halogens is 2. The molecule has 0 aliphatic carbocycles. The molecule has 0 saturated carbocycles. The summed E-state index contributed by atoms with van der Waals surface area (Å²) in [6, 6.07) is 38.1. The van der Waals surface area contributed by atoms with E-state index in [-0.39, 0.29) is 5.91 Å². The average molecular weight is 611 g/mol. The molecular weight excluding hydrogens is 590 g/mol. The van der Waals surface area contributed by atoms with Crippen LogP contribution in [-0.2, 0) is 4.79 Å². The summed E-state index contributed by atoms with van der Waals surface area (Å²) in [6.07, 6.45) is 1.95. The second-order valence-electron chi connectivity index (χ2n) is 8.84. The zero-order chi connectivity index (χ0) is 26.8. The van der Waals surface area contributed by atoms with Gasteiger partial charge in [0.15, 0.2) is 5.17 Å². The Morgan fingerprint density at radius 1 is 0.821 bits per heavy atom. The van der Waals surface area contributed by atoms with E-state index in [1.54, 1.807) is 0 Å². The molecule has 190 valence electrons. The lowest BCUT2D eigenvalue weighted by Gasteiger charge is -2.15. The van der Waals surface area contributed by atoms with E-state index in [1.807, 2.05) is 91.0 Å². The molecule has 1 aromatic heterocycles. The van der Waals surface area contributed by atoms with E-state index < -0.39 is 0 Å². The minimum Gasteiger partial charge on any atom is -0.309 e. The van der Waals surface area contributed by atoms with Crippen LogP contribution in [0, 0.1) is 0 Å². The van der Waals surface area contributed by atoms with Crippen molar-refractivity contribution in [3.8, 4) is 28.2 Å². The van der Waals surface area contributed by atoms with Crippen molar-refractivity contribution in [3.05, 3.63) is 135 Å². The number of benzene rings is 4. The highest BCUT2D eigenvalue weighted by Gasteiger charge is 2.26. The summed E-state index contributed by atoms with van der Waals surface area (Å²) in [6.45, 7) is 0. The van der Waals surface area contributed by atoms with Crippen molar-refractivity contribution in [2.24, 2.45) is 4.99 Å². The Labute approximate surface area is 244 Å². The van der Waals surface area contributed by atoms with Crippen molar-refractivity contribution in [3.63, 3.8) is 0 Å². The number of carbonyl (C=O) groups is 1. The number of carbonyl (C=O) groups excluding carboxylic acids is 1. The Bertz CT molecular complexity index is 1730. The molecule has 0 bridgehead atoms. The molecule has 4 aromatic carbocycles. The lowest BCUT2D eigenvalue weighted by atomic mass is 10.1. The molecule has 5 aromatic rings. The number of hydrogen-bond donors (Lipinski definition) is 1. The largest absolute Gasteiger partial charge is 0.309 e. The number of amides is 1. The number of aromatic nitrogens is 1. The third-order valence-corrected chi connectivity index (χ3v) is 7.86. The normalized spacial score (nSPS) is 15.2. The predicted octanol–water partition coefficient (Wildman–Crippen LogP) is 9.12. The molecule has 1 aliphatic heterocycles. The topological polar surface area (TPSA) is 46.4 Å². The van der Waals surface area contributed by atoms with Crippen LogP contribution in [0.2, 0.25) is 5.02 Å². The number of thioether (sulfide) groups is 1. The fourth-order valence-corrected chi connectivity index (χ4v) is 5.84. The quantitative estimate of drug-likeness (QED) is 0.202. The number of nitrogens with one attached hydrogen (secondary N) is 1. The Hall–Kier alpha value is -3.84. The number of aliphatic imine (C=N–C) groups is 1. The molecule has 1 N–H and O–H groups in total. The molecule has 1 fully saturated rings. The summed E-state index contributed by atoms with van der Waals surface area (Å²) in [5.41, 5.74) is 6.75.